The lowest BCUT2D eigenvalue weighted by atomic mass is 9.99. The van der Waals surface area contributed by atoms with Crippen LogP contribution in [0.2, 0.25) is 0 Å². The monoisotopic (exact) mass is 404 g/mol. The molecular weight excluding hydrogens is 376 g/mol. The lowest BCUT2D eigenvalue weighted by Crippen LogP contribution is -2.38. The first kappa shape index (κ1) is 21.5. The molecule has 5 nitrogen and oxygen atoms in total. The predicted molar refractivity (Wildman–Crippen MR) is 119 cm³/mol. The Kier molecular flexibility index (Phi) is 6.50. The van der Waals surface area contributed by atoms with Gasteiger partial charge in [-0.1, -0.05) is 55.8 Å². The van der Waals surface area contributed by atoms with E-state index in [9.17, 15) is 9.59 Å². The minimum absolute atomic E-state index is 0.00840. The largest absolute Gasteiger partial charge is 0.452 e. The smallest absolute Gasteiger partial charge is 0.339 e. The van der Waals surface area contributed by atoms with Gasteiger partial charge in [-0.2, -0.15) is 0 Å². The van der Waals surface area contributed by atoms with Crippen LogP contribution in [0.4, 0.5) is 0 Å². The molecule has 2 aromatic carbocycles. The van der Waals surface area contributed by atoms with Crippen molar-refractivity contribution in [2.24, 2.45) is 5.92 Å². The van der Waals surface area contributed by atoms with E-state index in [1.54, 1.807) is 6.07 Å². The fourth-order valence-corrected chi connectivity index (χ4v) is 3.25. The average molecular weight is 405 g/mol. The van der Waals surface area contributed by atoms with E-state index in [1.807, 2.05) is 71.0 Å². The van der Waals surface area contributed by atoms with Gasteiger partial charge in [0, 0.05) is 17.0 Å². The van der Waals surface area contributed by atoms with Crippen molar-refractivity contribution in [3.05, 3.63) is 65.2 Å². The minimum Gasteiger partial charge on any atom is -0.452 e. The summed E-state index contributed by atoms with van der Waals surface area (Å²) in [6, 6.07) is 15.3. The van der Waals surface area contributed by atoms with Gasteiger partial charge < -0.3 is 10.1 Å². The molecule has 1 N–H and O–H groups in total. The van der Waals surface area contributed by atoms with Crippen LogP contribution in [-0.2, 0) is 9.53 Å². The molecule has 0 aliphatic carbocycles. The number of carbonyl (C=O) groups excluding carboxylic acids is 2. The van der Waals surface area contributed by atoms with Gasteiger partial charge in [-0.15, -0.1) is 0 Å². The Morgan fingerprint density at radius 1 is 1.03 bits per heavy atom. The first-order valence-electron chi connectivity index (χ1n) is 10.2. The Morgan fingerprint density at radius 3 is 2.47 bits per heavy atom. The quantitative estimate of drug-likeness (QED) is 0.597. The van der Waals surface area contributed by atoms with Crippen LogP contribution in [0, 0.1) is 19.8 Å². The zero-order valence-electron chi connectivity index (χ0n) is 18.2. The molecule has 3 aromatic rings. The van der Waals surface area contributed by atoms with Crippen molar-refractivity contribution in [2.75, 3.05) is 6.61 Å². The number of fused-ring (bicyclic) bond motifs is 1. The first-order valence-corrected chi connectivity index (χ1v) is 10.2. The van der Waals surface area contributed by atoms with Crippen LogP contribution in [0.15, 0.2) is 48.5 Å². The first-order chi connectivity index (χ1) is 14.3. The zero-order valence-corrected chi connectivity index (χ0v) is 18.2. The van der Waals surface area contributed by atoms with Gasteiger partial charge in [-0.3, -0.25) is 4.79 Å². The Bertz CT molecular complexity index is 1090. The van der Waals surface area contributed by atoms with E-state index >= 15 is 0 Å². The summed E-state index contributed by atoms with van der Waals surface area (Å²) in [6.45, 7) is 9.72. The molecule has 0 saturated carbocycles. The number of nitrogens with zero attached hydrogens (tertiary/aromatic N) is 1. The second-order valence-electron chi connectivity index (χ2n) is 8.07. The highest BCUT2D eigenvalue weighted by atomic mass is 16.5. The maximum Gasteiger partial charge on any atom is 0.339 e. The summed E-state index contributed by atoms with van der Waals surface area (Å²) < 4.78 is 5.34. The minimum atomic E-state index is -0.535. The fraction of sp³-hybridized carbons (Fsp3) is 0.320. The van der Waals surface area contributed by atoms with Crippen LogP contribution in [-0.4, -0.2) is 29.5 Å². The van der Waals surface area contributed by atoms with E-state index in [0.717, 1.165) is 11.1 Å². The van der Waals surface area contributed by atoms with Crippen LogP contribution >= 0.6 is 0 Å². The summed E-state index contributed by atoms with van der Waals surface area (Å²) in [7, 11) is 0. The number of hydrogen-bond acceptors (Lipinski definition) is 4. The third kappa shape index (κ3) is 4.85. The second kappa shape index (κ2) is 9.08. The molecule has 0 fully saturated rings. The number of amides is 1. The van der Waals surface area contributed by atoms with Gasteiger partial charge >= 0.3 is 5.97 Å². The van der Waals surface area contributed by atoms with Gasteiger partial charge in [-0.05, 0) is 44.4 Å². The van der Waals surface area contributed by atoms with E-state index < -0.39 is 5.97 Å². The molecule has 0 aliphatic rings. The van der Waals surface area contributed by atoms with Crippen molar-refractivity contribution >= 4 is 22.8 Å². The molecule has 0 spiro atoms. The van der Waals surface area contributed by atoms with Gasteiger partial charge in [0.1, 0.15) is 0 Å². The maximum atomic E-state index is 12.9. The summed E-state index contributed by atoms with van der Waals surface area (Å²) in [5.41, 5.74) is 5.03. The fourth-order valence-electron chi connectivity index (χ4n) is 3.25. The molecule has 30 heavy (non-hydrogen) atoms. The summed E-state index contributed by atoms with van der Waals surface area (Å²) in [5.74, 6) is -0.543. The van der Waals surface area contributed by atoms with Crippen molar-refractivity contribution in [3.63, 3.8) is 0 Å². The molecule has 1 unspecified atom stereocenters. The number of esters is 1. The number of hydrogen-bond donors (Lipinski definition) is 1. The third-order valence-corrected chi connectivity index (χ3v) is 5.32. The van der Waals surface area contributed by atoms with Crippen molar-refractivity contribution in [3.8, 4) is 11.3 Å². The number of aryl methyl sites for hydroxylation is 2. The standard InChI is InChI=1S/C25H28N2O3/c1-15(2)18(5)26-24(28)14-30-25(29)21-13-23(19-11-10-16(3)12-17(19)4)27-22-9-7-6-8-20(21)22/h6-13,15,18H,14H2,1-5H3,(H,26,28). The van der Waals surface area contributed by atoms with E-state index in [1.165, 1.54) is 5.56 Å². The Labute approximate surface area is 177 Å². The zero-order chi connectivity index (χ0) is 21.8. The summed E-state index contributed by atoms with van der Waals surface area (Å²) in [6.07, 6.45) is 0. The van der Waals surface area contributed by atoms with Crippen LogP contribution in [0.25, 0.3) is 22.2 Å². The van der Waals surface area contributed by atoms with Crippen molar-refractivity contribution in [1.29, 1.82) is 0 Å². The number of carbonyl (C=O) groups is 2. The van der Waals surface area contributed by atoms with E-state index in [0.29, 0.717) is 28.1 Å². The summed E-state index contributed by atoms with van der Waals surface area (Å²) >= 11 is 0. The van der Waals surface area contributed by atoms with Gasteiger partial charge in [0.25, 0.3) is 5.91 Å². The molecule has 0 aliphatic heterocycles. The van der Waals surface area contributed by atoms with E-state index in [4.69, 9.17) is 9.72 Å². The Balaban J connectivity index is 1.90. The van der Waals surface area contributed by atoms with Gasteiger partial charge in [0.2, 0.25) is 0 Å². The number of para-hydroxylation sites is 1. The molecule has 5 heteroatoms. The predicted octanol–water partition coefficient (Wildman–Crippen LogP) is 4.84. The topological polar surface area (TPSA) is 68.3 Å². The Hall–Kier alpha value is -3.21. The molecule has 0 saturated heterocycles. The van der Waals surface area contributed by atoms with Crippen LogP contribution in [0.1, 0.15) is 42.3 Å². The molecule has 1 heterocycles. The Morgan fingerprint density at radius 2 is 1.77 bits per heavy atom. The molecule has 1 aromatic heterocycles. The molecule has 0 radical (unpaired) electrons. The summed E-state index contributed by atoms with van der Waals surface area (Å²) in [5, 5.41) is 3.55. The van der Waals surface area contributed by atoms with Gasteiger partial charge in [0.15, 0.2) is 6.61 Å². The second-order valence-corrected chi connectivity index (χ2v) is 8.07. The molecule has 0 bridgehead atoms. The van der Waals surface area contributed by atoms with Crippen LogP contribution in [0.5, 0.6) is 0 Å². The molecule has 1 atom stereocenters. The number of nitrogens with one attached hydrogen (secondary N) is 1. The van der Waals surface area contributed by atoms with Crippen LogP contribution < -0.4 is 5.32 Å². The lowest BCUT2D eigenvalue weighted by Gasteiger charge is -2.17. The highest BCUT2D eigenvalue weighted by molar-refractivity contribution is 6.05. The van der Waals surface area contributed by atoms with Gasteiger partial charge in [-0.25, -0.2) is 9.78 Å². The van der Waals surface area contributed by atoms with Gasteiger partial charge in [0.05, 0.1) is 16.8 Å². The highest BCUT2D eigenvalue weighted by Crippen LogP contribution is 2.28. The third-order valence-electron chi connectivity index (χ3n) is 5.32. The number of rotatable bonds is 6. The average Bonchev–Trinajstić information content (AvgIpc) is 2.71. The van der Waals surface area contributed by atoms with Crippen LogP contribution in [0.3, 0.4) is 0 Å². The van der Waals surface area contributed by atoms with Crippen molar-refractivity contribution in [2.45, 2.75) is 40.7 Å². The molecule has 156 valence electrons. The highest BCUT2D eigenvalue weighted by Gasteiger charge is 2.18. The van der Waals surface area contributed by atoms with E-state index in [2.05, 4.69) is 11.4 Å². The number of pyridine rings is 1. The van der Waals surface area contributed by atoms with E-state index in [-0.39, 0.29) is 18.6 Å². The molecular formula is C25H28N2O3. The lowest BCUT2D eigenvalue weighted by molar-refractivity contribution is -0.125. The van der Waals surface area contributed by atoms with Crippen molar-refractivity contribution in [1.82, 2.24) is 10.3 Å². The normalized spacial score (nSPS) is 12.1. The number of benzene rings is 2. The van der Waals surface area contributed by atoms with Crippen molar-refractivity contribution < 1.29 is 14.3 Å². The molecule has 3 rings (SSSR count). The maximum absolute atomic E-state index is 12.9. The number of ether oxygens (including phenoxy) is 1. The molecule has 1 amide bonds. The SMILES string of the molecule is Cc1ccc(-c2cc(C(=O)OCC(=O)NC(C)C(C)C)c3ccccc3n2)c(C)c1. The number of aromatic nitrogens is 1. The summed E-state index contributed by atoms with van der Waals surface area (Å²) in [4.78, 5) is 29.7.